The van der Waals surface area contributed by atoms with Crippen LogP contribution < -0.4 is 26.6 Å². The molecule has 89 heavy (non-hydrogen) atoms. The fourth-order valence-electron chi connectivity index (χ4n) is 11.0. The largest absolute Gasteiger partial charge is 0.394 e. The topological polar surface area (TPSA) is 409 Å². The molecule has 14 N–H and O–H groups in total. The summed E-state index contributed by atoms with van der Waals surface area (Å²) < 4.78 is 39.3. The van der Waals surface area contributed by atoms with Gasteiger partial charge in [-0.05, 0) is 90.0 Å². The van der Waals surface area contributed by atoms with E-state index in [-0.39, 0.29) is 48.7 Å². The highest BCUT2D eigenvalue weighted by Gasteiger charge is 2.46. The lowest BCUT2D eigenvalue weighted by Crippen LogP contribution is -2.64. The predicted octanol–water partition coefficient (Wildman–Crippen LogP) is 0.200. The average molecular weight is 1280 g/mol. The van der Waals surface area contributed by atoms with Crippen LogP contribution in [0.15, 0.2) is 0 Å². The summed E-state index contributed by atoms with van der Waals surface area (Å²) in [6.45, 7) is 6.12. The van der Waals surface area contributed by atoms with Crippen LogP contribution in [-0.4, -0.2) is 247 Å². The van der Waals surface area contributed by atoms with Gasteiger partial charge in [0, 0.05) is 103 Å². The molecule has 27 nitrogen and oxygen atoms in total. The molecule has 518 valence electrons. The van der Waals surface area contributed by atoms with Crippen LogP contribution in [0.2, 0.25) is 0 Å². The number of aliphatic hydroxyl groups excluding tert-OH is 9. The highest BCUT2D eigenvalue weighted by molar-refractivity contribution is 5.89. The highest BCUT2D eigenvalue weighted by atomic mass is 16.7. The van der Waals surface area contributed by atoms with Gasteiger partial charge >= 0.3 is 0 Å². The molecule has 3 heterocycles. The normalized spacial score (nSPS) is 27.8. The minimum atomic E-state index is -1.42. The molecular formula is C62H113N5O22. The van der Waals surface area contributed by atoms with Crippen molar-refractivity contribution >= 4 is 35.2 Å². The molecule has 3 aliphatic heterocycles. The maximum Gasteiger partial charge on any atom is 0.223 e. The molecule has 0 aromatic rings. The van der Waals surface area contributed by atoms with Crippen LogP contribution in [0, 0.1) is 17.8 Å². The fraction of sp³-hybridized carbons (Fsp3) is 0.903. The van der Waals surface area contributed by atoms with Crippen LogP contribution in [-0.2, 0) is 61.9 Å². The summed E-state index contributed by atoms with van der Waals surface area (Å²) in [6, 6.07) is -1.61. The number of Topliss-reactive ketones (excluding diaryl/α,β-unsaturated/α-hetero) is 2. The number of hydrogen-bond donors (Lipinski definition) is 14. The third-order valence-electron chi connectivity index (χ3n) is 16.8. The van der Waals surface area contributed by atoms with Crippen molar-refractivity contribution in [1.29, 1.82) is 0 Å². The monoisotopic (exact) mass is 1280 g/mol. The van der Waals surface area contributed by atoms with Crippen molar-refractivity contribution in [2.24, 2.45) is 17.8 Å². The molecule has 0 radical (unpaired) electrons. The second-order valence-electron chi connectivity index (χ2n) is 24.2. The zero-order chi connectivity index (χ0) is 65.5. The van der Waals surface area contributed by atoms with Crippen molar-refractivity contribution in [1.82, 2.24) is 26.6 Å². The number of hydrogen-bond acceptors (Lipinski definition) is 23. The standard InChI is InChI=1S/C62H113N5O22/c1-40-53(76)55(78)47(37-68)87-60(40)84-32-19-6-5-15-28-63-45(24-14-18-30-65-51(75)25-11-8-20-33-85-61-41(2)54(77)56(79)48(38-69)88-61)46(73)36-43(59(82)66-31-16-7-10-23-44(72)27-35-83-4)22-13-17-29-64-50(74)26-12-9-21-34-86-62-52(67-42(3)71)58(81)57(80)49(39-70)89-62/h40-41,43,45,47-49,52-58,60-63,68-70,76-81H,5-39H2,1-4H3,(H,64,74)(H,65,75)(H,66,82)(H,67,71)/t40?,41?,43?,45?,47?,48?,49?,52?,53-,54-,55+,56+,57+,58-,60-,61-,62-/m1/s1. The first kappa shape index (κ1) is 79.8. The quantitative estimate of drug-likeness (QED) is 0.0362. The summed E-state index contributed by atoms with van der Waals surface area (Å²) in [6.07, 6.45) is 0.320. The third kappa shape index (κ3) is 30.9. The van der Waals surface area contributed by atoms with E-state index in [4.69, 9.17) is 33.2 Å². The zero-order valence-corrected chi connectivity index (χ0v) is 53.4. The van der Waals surface area contributed by atoms with Crippen LogP contribution in [0.5, 0.6) is 0 Å². The Kier molecular flexibility index (Phi) is 41.8. The van der Waals surface area contributed by atoms with E-state index >= 15 is 0 Å². The number of ketones is 2. The van der Waals surface area contributed by atoms with Gasteiger partial charge < -0.3 is 106 Å². The van der Waals surface area contributed by atoms with Gasteiger partial charge in [-0.25, -0.2) is 0 Å². The van der Waals surface area contributed by atoms with Gasteiger partial charge in [0.2, 0.25) is 23.6 Å². The smallest absolute Gasteiger partial charge is 0.223 e. The summed E-state index contributed by atoms with van der Waals surface area (Å²) in [4.78, 5) is 77.7. The first-order chi connectivity index (χ1) is 42.8. The molecule has 0 aromatic carbocycles. The Labute approximate surface area is 526 Å². The minimum Gasteiger partial charge on any atom is -0.394 e. The van der Waals surface area contributed by atoms with Crippen molar-refractivity contribution in [2.75, 3.05) is 79.5 Å². The molecule has 3 aliphatic rings. The van der Waals surface area contributed by atoms with Gasteiger partial charge in [0.1, 0.15) is 54.6 Å². The van der Waals surface area contributed by atoms with Crippen molar-refractivity contribution in [3.05, 3.63) is 0 Å². The number of amides is 4. The second kappa shape index (κ2) is 46.6. The van der Waals surface area contributed by atoms with E-state index in [1.54, 1.807) is 21.0 Å². The van der Waals surface area contributed by atoms with E-state index in [2.05, 4.69) is 26.6 Å². The van der Waals surface area contributed by atoms with Gasteiger partial charge in [0.05, 0.1) is 44.7 Å². The molecule has 8 unspecified atom stereocenters. The second-order valence-corrected chi connectivity index (χ2v) is 24.2. The number of methoxy groups -OCH3 is 1. The molecule has 0 bridgehead atoms. The number of nitrogens with one attached hydrogen (secondary N) is 5. The Balaban J connectivity index is 1.52. The Morgan fingerprint density at radius 3 is 1.40 bits per heavy atom. The van der Waals surface area contributed by atoms with Gasteiger partial charge in [-0.3, -0.25) is 28.8 Å². The highest BCUT2D eigenvalue weighted by Crippen LogP contribution is 2.29. The fourth-order valence-corrected chi connectivity index (χ4v) is 11.0. The first-order valence-corrected chi connectivity index (χ1v) is 32.8. The number of carbonyl (C=O) groups excluding carboxylic acids is 6. The summed E-state index contributed by atoms with van der Waals surface area (Å²) in [5.41, 5.74) is 0. The molecular weight excluding hydrogens is 1170 g/mol. The van der Waals surface area contributed by atoms with Crippen molar-refractivity contribution in [2.45, 2.75) is 261 Å². The number of carbonyl (C=O) groups is 6. The molecule has 4 amide bonds. The lowest BCUT2D eigenvalue weighted by molar-refractivity contribution is -0.282. The summed E-state index contributed by atoms with van der Waals surface area (Å²) >= 11 is 0. The van der Waals surface area contributed by atoms with E-state index in [0.717, 1.165) is 25.7 Å². The summed E-state index contributed by atoms with van der Waals surface area (Å²) in [5.74, 6) is -2.54. The van der Waals surface area contributed by atoms with Crippen LogP contribution >= 0.6 is 0 Å². The van der Waals surface area contributed by atoms with Crippen molar-refractivity contribution < 1.29 is 108 Å². The zero-order valence-electron chi connectivity index (χ0n) is 53.4. The third-order valence-corrected chi connectivity index (χ3v) is 16.8. The van der Waals surface area contributed by atoms with Gasteiger partial charge in [0.15, 0.2) is 24.7 Å². The van der Waals surface area contributed by atoms with Gasteiger partial charge in [-0.15, -0.1) is 0 Å². The lowest BCUT2D eigenvalue weighted by Gasteiger charge is -2.42. The van der Waals surface area contributed by atoms with E-state index in [1.165, 1.54) is 6.92 Å². The number of ether oxygens (including phenoxy) is 7. The molecule has 27 heteroatoms. The SMILES string of the molecule is COCCC(=O)CCCCCNC(=O)C(CCCCNC(=O)CCCCCO[C@@H]1OC(CO)[C@H](O)[C@H](O)C1NC(C)=O)CC(=O)C(CCCCNC(=O)CCCCCO[C@@H]1OC(CO)[C@H](O)[C@H](O)C1C)NCCCCCCO[C@@H]1OC(CO)[C@H](O)[C@H](O)C1C. The lowest BCUT2D eigenvalue weighted by atomic mass is 9.91. The summed E-state index contributed by atoms with van der Waals surface area (Å²) in [7, 11) is 1.55. The van der Waals surface area contributed by atoms with Crippen LogP contribution in [0.1, 0.15) is 175 Å². The van der Waals surface area contributed by atoms with Gasteiger partial charge in [-0.2, -0.15) is 0 Å². The summed E-state index contributed by atoms with van der Waals surface area (Å²) in [5, 5.41) is 105. The number of rotatable bonds is 50. The minimum absolute atomic E-state index is 0.0104. The average Bonchev–Trinajstić information content (AvgIpc) is 1.67. The molecule has 0 aromatic heterocycles. The Morgan fingerprint density at radius 1 is 0.461 bits per heavy atom. The predicted molar refractivity (Wildman–Crippen MR) is 324 cm³/mol. The van der Waals surface area contributed by atoms with Crippen molar-refractivity contribution in [3.8, 4) is 0 Å². The number of unbranched alkanes of at least 4 members (excludes halogenated alkanes) is 11. The maximum atomic E-state index is 14.3. The Morgan fingerprint density at radius 2 is 0.888 bits per heavy atom. The van der Waals surface area contributed by atoms with E-state index in [9.17, 15) is 74.7 Å². The molecule has 0 spiro atoms. The van der Waals surface area contributed by atoms with E-state index in [0.29, 0.717) is 162 Å². The van der Waals surface area contributed by atoms with Gasteiger partial charge in [0.25, 0.3) is 0 Å². The maximum absolute atomic E-state index is 14.3. The van der Waals surface area contributed by atoms with E-state index in [1.807, 2.05) is 0 Å². The Hall–Kier alpha value is -3.46. The molecule has 3 saturated heterocycles. The van der Waals surface area contributed by atoms with E-state index < -0.39 is 129 Å². The molecule has 0 aliphatic carbocycles. The van der Waals surface area contributed by atoms with Crippen molar-refractivity contribution in [3.63, 3.8) is 0 Å². The molecule has 3 rings (SSSR count). The van der Waals surface area contributed by atoms with Gasteiger partial charge in [-0.1, -0.05) is 52.4 Å². The van der Waals surface area contributed by atoms with Crippen LogP contribution in [0.4, 0.5) is 0 Å². The number of aliphatic hydroxyl groups is 9. The molecule has 17 atom stereocenters. The first-order valence-electron chi connectivity index (χ1n) is 32.8. The molecule has 3 fully saturated rings. The van der Waals surface area contributed by atoms with Crippen LogP contribution in [0.25, 0.3) is 0 Å². The van der Waals surface area contributed by atoms with Crippen LogP contribution in [0.3, 0.4) is 0 Å². The Bertz CT molecular complexity index is 1960. The molecule has 0 saturated carbocycles.